The van der Waals surface area contributed by atoms with Crippen LogP contribution < -0.4 is 5.19 Å². The van der Waals surface area contributed by atoms with Gasteiger partial charge in [0.2, 0.25) is 0 Å². The molecule has 0 fully saturated rings. The summed E-state index contributed by atoms with van der Waals surface area (Å²) in [5, 5.41) is 0.811. The molecule has 2 aromatic carbocycles. The lowest BCUT2D eigenvalue weighted by atomic mass is 10.1. The smallest absolute Gasteiger partial charge is 0.373 e. The zero-order valence-corrected chi connectivity index (χ0v) is 15.3. The van der Waals surface area contributed by atoms with Gasteiger partial charge < -0.3 is 13.3 Å². The Bertz CT molecular complexity index is 758. The van der Waals surface area contributed by atoms with E-state index in [0.29, 0.717) is 11.1 Å². The molecule has 1 heterocycles. The van der Waals surface area contributed by atoms with E-state index in [1.807, 2.05) is 24.3 Å². The first kappa shape index (κ1) is 17.5. The van der Waals surface area contributed by atoms with Crippen LogP contribution in [-0.2, 0) is 19.8 Å². The second kappa shape index (κ2) is 6.89. The van der Waals surface area contributed by atoms with E-state index in [1.165, 1.54) is 4.90 Å². The minimum absolute atomic E-state index is 0.216. The fourth-order valence-electron chi connectivity index (χ4n) is 2.98. The Hall–Kier alpha value is -2.32. The normalized spacial score (nSPS) is 14.1. The largest absolute Gasteiger partial charge is 0.536 e. The molecule has 0 aliphatic carbocycles. The SMILES string of the molecule is CO[Si](OC)(OC)c1ccc(CN2C(=O)c3ccccc3C2=O)cc1. The van der Waals surface area contributed by atoms with E-state index in [0.717, 1.165) is 10.8 Å². The molecule has 0 aromatic heterocycles. The third-order valence-corrected chi connectivity index (χ3v) is 6.99. The first-order valence-electron chi connectivity index (χ1n) is 7.76. The quantitative estimate of drug-likeness (QED) is 0.580. The van der Waals surface area contributed by atoms with Crippen molar-refractivity contribution in [2.45, 2.75) is 6.54 Å². The molecule has 2 aromatic rings. The van der Waals surface area contributed by atoms with Crippen LogP contribution in [0.1, 0.15) is 26.3 Å². The van der Waals surface area contributed by atoms with E-state index >= 15 is 0 Å². The van der Waals surface area contributed by atoms with Crippen molar-refractivity contribution in [3.63, 3.8) is 0 Å². The van der Waals surface area contributed by atoms with Gasteiger partial charge in [-0.2, -0.15) is 0 Å². The molecule has 0 unspecified atom stereocenters. The molecule has 0 saturated heterocycles. The summed E-state index contributed by atoms with van der Waals surface area (Å²) in [5.41, 5.74) is 1.74. The van der Waals surface area contributed by atoms with Crippen LogP contribution in [0.4, 0.5) is 0 Å². The first-order valence-corrected chi connectivity index (χ1v) is 9.49. The molecule has 3 rings (SSSR count). The third kappa shape index (κ3) is 2.91. The van der Waals surface area contributed by atoms with Crippen LogP contribution in [0.2, 0.25) is 0 Å². The van der Waals surface area contributed by atoms with Gasteiger partial charge in [0, 0.05) is 26.5 Å². The summed E-state index contributed by atoms with van der Waals surface area (Å²) < 4.78 is 16.3. The summed E-state index contributed by atoms with van der Waals surface area (Å²) in [5.74, 6) is -0.529. The Balaban J connectivity index is 1.81. The number of hydrogen-bond donors (Lipinski definition) is 0. The topological polar surface area (TPSA) is 65.1 Å². The summed E-state index contributed by atoms with van der Waals surface area (Å²) in [4.78, 5) is 26.1. The molecule has 25 heavy (non-hydrogen) atoms. The molecule has 0 atom stereocenters. The lowest BCUT2D eigenvalue weighted by Gasteiger charge is -2.24. The van der Waals surface area contributed by atoms with Gasteiger partial charge in [-0.1, -0.05) is 36.4 Å². The van der Waals surface area contributed by atoms with Crippen LogP contribution in [0.25, 0.3) is 0 Å². The Morgan fingerprint density at radius 1 is 0.800 bits per heavy atom. The van der Waals surface area contributed by atoms with Crippen molar-refractivity contribution in [3.8, 4) is 0 Å². The predicted octanol–water partition coefficient (Wildman–Crippen LogP) is 1.57. The molecule has 7 heteroatoms. The summed E-state index contributed by atoms with van der Waals surface area (Å²) >= 11 is 0. The molecule has 6 nitrogen and oxygen atoms in total. The number of fused-ring (bicyclic) bond motifs is 1. The highest BCUT2D eigenvalue weighted by molar-refractivity contribution is 6.75. The molecule has 0 radical (unpaired) electrons. The van der Waals surface area contributed by atoms with Crippen LogP contribution in [0, 0.1) is 0 Å². The van der Waals surface area contributed by atoms with E-state index < -0.39 is 8.80 Å². The molecular weight excluding hydrogens is 338 g/mol. The van der Waals surface area contributed by atoms with E-state index in [1.54, 1.807) is 45.6 Å². The van der Waals surface area contributed by atoms with Crippen LogP contribution in [0.15, 0.2) is 48.5 Å². The fourth-order valence-corrected chi connectivity index (χ4v) is 4.77. The van der Waals surface area contributed by atoms with Gasteiger partial charge in [-0.05, 0) is 17.7 Å². The third-order valence-electron chi connectivity index (χ3n) is 4.33. The predicted molar refractivity (Wildman–Crippen MR) is 93.5 cm³/mol. The van der Waals surface area contributed by atoms with Crippen LogP contribution in [0.3, 0.4) is 0 Å². The summed E-state index contributed by atoms with van der Waals surface area (Å²) in [6.45, 7) is 0.216. The van der Waals surface area contributed by atoms with Gasteiger partial charge in [-0.25, -0.2) is 0 Å². The zero-order chi connectivity index (χ0) is 18.0. The van der Waals surface area contributed by atoms with Gasteiger partial charge >= 0.3 is 8.80 Å². The molecule has 0 spiro atoms. The number of hydrogen-bond acceptors (Lipinski definition) is 5. The van der Waals surface area contributed by atoms with Gasteiger partial charge in [0.1, 0.15) is 0 Å². The minimum Gasteiger partial charge on any atom is -0.373 e. The number of benzene rings is 2. The highest BCUT2D eigenvalue weighted by Gasteiger charge is 2.41. The molecule has 0 bridgehead atoms. The second-order valence-corrected chi connectivity index (χ2v) is 8.52. The maximum absolute atomic E-state index is 12.4. The summed E-state index contributed by atoms with van der Waals surface area (Å²) in [6.07, 6.45) is 0. The highest BCUT2D eigenvalue weighted by atomic mass is 28.4. The van der Waals surface area contributed by atoms with Crippen molar-refractivity contribution >= 4 is 25.8 Å². The lowest BCUT2D eigenvalue weighted by molar-refractivity contribution is 0.0642. The van der Waals surface area contributed by atoms with Crippen LogP contribution in [-0.4, -0.2) is 46.8 Å². The van der Waals surface area contributed by atoms with Gasteiger partial charge in [-0.3, -0.25) is 14.5 Å². The Morgan fingerprint density at radius 3 is 1.72 bits per heavy atom. The molecule has 1 aliphatic heterocycles. The summed E-state index contributed by atoms with van der Waals surface area (Å²) in [6, 6.07) is 14.2. The molecule has 1 aliphatic rings. The molecular formula is C18H19NO5Si. The first-order chi connectivity index (χ1) is 12.1. The average molecular weight is 357 g/mol. The number of amides is 2. The van der Waals surface area contributed by atoms with Crippen molar-refractivity contribution in [1.29, 1.82) is 0 Å². The average Bonchev–Trinajstić information content (AvgIpc) is 2.90. The zero-order valence-electron chi connectivity index (χ0n) is 14.3. The summed E-state index contributed by atoms with van der Waals surface area (Å²) in [7, 11) is 1.76. The molecule has 2 amide bonds. The molecule has 0 saturated carbocycles. The van der Waals surface area contributed by atoms with Crippen molar-refractivity contribution in [2.75, 3.05) is 21.3 Å². The number of carbonyl (C=O) groups excluding carboxylic acids is 2. The van der Waals surface area contributed by atoms with Gasteiger partial charge in [0.15, 0.2) is 0 Å². The highest BCUT2D eigenvalue weighted by Crippen LogP contribution is 2.24. The number of carbonyl (C=O) groups is 2. The Morgan fingerprint density at radius 2 is 1.28 bits per heavy atom. The Kier molecular flexibility index (Phi) is 4.82. The monoisotopic (exact) mass is 357 g/mol. The number of nitrogens with zero attached hydrogens (tertiary/aromatic N) is 1. The molecule has 0 N–H and O–H groups in total. The van der Waals surface area contributed by atoms with Crippen LogP contribution >= 0.6 is 0 Å². The van der Waals surface area contributed by atoms with Crippen molar-refractivity contribution in [3.05, 3.63) is 65.2 Å². The standard InChI is InChI=1S/C18H19NO5Si/c1-22-25(23-2,24-3)14-10-8-13(9-11-14)12-19-17(20)15-6-4-5-7-16(15)18(19)21/h4-11H,12H2,1-3H3. The minimum atomic E-state index is -2.89. The van der Waals surface area contributed by atoms with E-state index in [-0.39, 0.29) is 18.4 Å². The van der Waals surface area contributed by atoms with Crippen LogP contribution in [0.5, 0.6) is 0 Å². The fraction of sp³-hybridized carbons (Fsp3) is 0.222. The van der Waals surface area contributed by atoms with Gasteiger partial charge in [0.05, 0.1) is 17.7 Å². The van der Waals surface area contributed by atoms with Crippen molar-refractivity contribution in [1.82, 2.24) is 4.90 Å². The lowest BCUT2D eigenvalue weighted by Crippen LogP contribution is -2.54. The molecule has 130 valence electrons. The van der Waals surface area contributed by atoms with Gasteiger partial charge in [0.25, 0.3) is 11.8 Å². The number of rotatable bonds is 6. The second-order valence-electron chi connectivity index (χ2n) is 5.61. The van der Waals surface area contributed by atoms with E-state index in [2.05, 4.69) is 0 Å². The van der Waals surface area contributed by atoms with Crippen molar-refractivity contribution in [2.24, 2.45) is 0 Å². The van der Waals surface area contributed by atoms with Crippen molar-refractivity contribution < 1.29 is 22.9 Å². The Labute approximate surface area is 147 Å². The van der Waals surface area contributed by atoms with E-state index in [9.17, 15) is 9.59 Å². The van der Waals surface area contributed by atoms with E-state index in [4.69, 9.17) is 13.3 Å². The maximum atomic E-state index is 12.4. The number of imide groups is 1. The maximum Gasteiger partial charge on any atom is 0.536 e. The van der Waals surface area contributed by atoms with Gasteiger partial charge in [-0.15, -0.1) is 0 Å².